The first-order valence-electron chi connectivity index (χ1n) is 8.64. The summed E-state index contributed by atoms with van der Waals surface area (Å²) in [6.07, 6.45) is 2.02. The Kier molecular flexibility index (Phi) is 5.21. The lowest BCUT2D eigenvalue weighted by Crippen LogP contribution is -2.17. The maximum atomic E-state index is 13.8. The summed E-state index contributed by atoms with van der Waals surface area (Å²) in [5.74, 6) is -0.122. The van der Waals surface area contributed by atoms with Crippen LogP contribution in [0.25, 0.3) is 0 Å². The van der Waals surface area contributed by atoms with Crippen LogP contribution in [0, 0.1) is 11.6 Å². The van der Waals surface area contributed by atoms with E-state index in [0.717, 1.165) is 16.5 Å². The zero-order valence-electron chi connectivity index (χ0n) is 14.7. The van der Waals surface area contributed by atoms with Gasteiger partial charge in [-0.3, -0.25) is 4.79 Å². The van der Waals surface area contributed by atoms with Gasteiger partial charge in [0.25, 0.3) is 0 Å². The fraction of sp³-hybridized carbons (Fsp3) is 0.200. The van der Waals surface area contributed by atoms with Crippen LogP contribution in [-0.2, 0) is 17.6 Å². The Bertz CT molecular complexity index is 1020. The number of amides is 1. The minimum atomic E-state index is -0.613. The van der Waals surface area contributed by atoms with Crippen LogP contribution < -0.4 is 14.8 Å². The molecule has 2 heterocycles. The number of nitrogens with zero attached hydrogens (tertiary/aromatic N) is 1. The SMILES string of the molecule is O=C(Cc1ccc2c(c1)OCCO2)Nc1ncc(Cc2ccc(F)cc2F)s1. The summed E-state index contributed by atoms with van der Waals surface area (Å²) in [7, 11) is 0. The third kappa shape index (κ3) is 4.28. The van der Waals surface area contributed by atoms with Crippen molar-refractivity contribution >= 4 is 22.4 Å². The second-order valence-corrected chi connectivity index (χ2v) is 7.36. The van der Waals surface area contributed by atoms with Crippen LogP contribution in [0.4, 0.5) is 13.9 Å². The molecular weight excluding hydrogens is 386 g/mol. The van der Waals surface area contributed by atoms with E-state index in [1.807, 2.05) is 6.07 Å². The number of hydrogen-bond acceptors (Lipinski definition) is 5. The van der Waals surface area contributed by atoms with Crippen molar-refractivity contribution in [2.24, 2.45) is 0 Å². The van der Waals surface area contributed by atoms with Gasteiger partial charge in [0.1, 0.15) is 24.8 Å². The molecule has 8 heteroatoms. The van der Waals surface area contributed by atoms with Crippen LogP contribution in [0.1, 0.15) is 16.0 Å². The number of hydrogen-bond donors (Lipinski definition) is 1. The van der Waals surface area contributed by atoms with E-state index in [1.165, 1.54) is 23.5 Å². The number of fused-ring (bicyclic) bond motifs is 1. The molecule has 0 radical (unpaired) electrons. The molecule has 1 aliphatic rings. The largest absolute Gasteiger partial charge is 0.486 e. The Labute approximate surface area is 163 Å². The lowest BCUT2D eigenvalue weighted by atomic mass is 10.1. The Balaban J connectivity index is 1.37. The van der Waals surface area contributed by atoms with Crippen molar-refractivity contribution in [1.82, 2.24) is 4.98 Å². The summed E-state index contributed by atoms with van der Waals surface area (Å²) in [5, 5.41) is 3.17. The highest BCUT2D eigenvalue weighted by Crippen LogP contribution is 2.31. The Morgan fingerprint density at radius 2 is 1.93 bits per heavy atom. The van der Waals surface area contributed by atoms with Gasteiger partial charge >= 0.3 is 0 Å². The molecule has 5 nitrogen and oxygen atoms in total. The van der Waals surface area contributed by atoms with E-state index < -0.39 is 11.6 Å². The fourth-order valence-electron chi connectivity index (χ4n) is 2.85. The number of benzene rings is 2. The topological polar surface area (TPSA) is 60.5 Å². The third-order valence-corrected chi connectivity index (χ3v) is 5.06. The van der Waals surface area contributed by atoms with E-state index in [1.54, 1.807) is 18.3 Å². The van der Waals surface area contributed by atoms with Gasteiger partial charge < -0.3 is 14.8 Å². The molecule has 0 fully saturated rings. The van der Waals surface area contributed by atoms with E-state index in [-0.39, 0.29) is 18.7 Å². The molecule has 1 aliphatic heterocycles. The summed E-state index contributed by atoms with van der Waals surface area (Å²) >= 11 is 1.25. The highest BCUT2D eigenvalue weighted by molar-refractivity contribution is 7.15. The lowest BCUT2D eigenvalue weighted by molar-refractivity contribution is -0.115. The highest BCUT2D eigenvalue weighted by Gasteiger charge is 2.14. The van der Waals surface area contributed by atoms with Crippen LogP contribution in [0.5, 0.6) is 11.5 Å². The van der Waals surface area contributed by atoms with E-state index in [0.29, 0.717) is 35.4 Å². The molecule has 0 saturated carbocycles. The third-order valence-electron chi connectivity index (χ3n) is 4.15. The van der Waals surface area contributed by atoms with Gasteiger partial charge in [-0.1, -0.05) is 12.1 Å². The van der Waals surface area contributed by atoms with E-state index in [4.69, 9.17) is 9.47 Å². The number of carbonyl (C=O) groups excluding carboxylic acids is 1. The molecule has 1 aromatic heterocycles. The number of carbonyl (C=O) groups is 1. The second-order valence-electron chi connectivity index (χ2n) is 6.25. The molecular formula is C20H16F2N2O3S. The smallest absolute Gasteiger partial charge is 0.230 e. The summed E-state index contributed by atoms with van der Waals surface area (Å²) in [6, 6.07) is 8.87. The van der Waals surface area contributed by atoms with E-state index >= 15 is 0 Å². The van der Waals surface area contributed by atoms with Crippen molar-refractivity contribution in [1.29, 1.82) is 0 Å². The Hall–Kier alpha value is -3.00. The molecule has 0 atom stereocenters. The predicted octanol–water partition coefficient (Wildman–Crippen LogP) is 3.96. The first-order valence-corrected chi connectivity index (χ1v) is 9.45. The minimum absolute atomic E-state index is 0.165. The molecule has 0 spiro atoms. The van der Waals surface area contributed by atoms with Gasteiger partial charge in [-0.2, -0.15) is 0 Å². The van der Waals surface area contributed by atoms with Gasteiger partial charge in [-0.05, 0) is 29.3 Å². The van der Waals surface area contributed by atoms with Crippen molar-refractivity contribution in [3.63, 3.8) is 0 Å². The summed E-state index contributed by atoms with van der Waals surface area (Å²) < 4.78 is 37.7. The minimum Gasteiger partial charge on any atom is -0.486 e. The van der Waals surface area contributed by atoms with Gasteiger partial charge in [0, 0.05) is 23.6 Å². The van der Waals surface area contributed by atoms with Crippen molar-refractivity contribution < 1.29 is 23.0 Å². The van der Waals surface area contributed by atoms with E-state index in [9.17, 15) is 13.6 Å². The van der Waals surface area contributed by atoms with Crippen molar-refractivity contribution in [2.75, 3.05) is 18.5 Å². The molecule has 0 aliphatic carbocycles. The van der Waals surface area contributed by atoms with Gasteiger partial charge in [-0.15, -0.1) is 11.3 Å². The molecule has 1 N–H and O–H groups in total. The van der Waals surface area contributed by atoms with Gasteiger partial charge in [0.15, 0.2) is 16.6 Å². The van der Waals surface area contributed by atoms with Crippen molar-refractivity contribution in [3.05, 3.63) is 70.2 Å². The molecule has 3 aromatic rings. The first-order chi connectivity index (χ1) is 13.6. The average molecular weight is 402 g/mol. The maximum Gasteiger partial charge on any atom is 0.230 e. The first kappa shape index (κ1) is 18.4. The summed E-state index contributed by atoms with van der Waals surface area (Å²) in [6.45, 7) is 1.00. The number of ether oxygens (including phenoxy) is 2. The summed E-state index contributed by atoms with van der Waals surface area (Å²) in [4.78, 5) is 17.2. The summed E-state index contributed by atoms with van der Waals surface area (Å²) in [5.41, 5.74) is 1.17. The zero-order valence-corrected chi connectivity index (χ0v) is 15.5. The molecule has 0 saturated heterocycles. The molecule has 0 unspecified atom stereocenters. The zero-order chi connectivity index (χ0) is 19.5. The van der Waals surface area contributed by atoms with Crippen LogP contribution in [0.15, 0.2) is 42.6 Å². The number of rotatable bonds is 5. The molecule has 144 valence electrons. The standard InChI is InChI=1S/C20H16F2N2O3S/c21-14-3-2-13(16(22)10-14)9-15-11-23-20(28-15)24-19(25)8-12-1-4-17-18(7-12)27-6-5-26-17/h1-4,7,10-11H,5-6,8-9H2,(H,23,24,25). The molecule has 1 amide bonds. The number of halogens is 2. The molecule has 2 aromatic carbocycles. The normalized spacial score (nSPS) is 12.6. The average Bonchev–Trinajstić information content (AvgIpc) is 3.10. The predicted molar refractivity (Wildman–Crippen MR) is 101 cm³/mol. The van der Waals surface area contributed by atoms with Crippen LogP contribution in [-0.4, -0.2) is 24.1 Å². The van der Waals surface area contributed by atoms with Crippen LogP contribution in [0.2, 0.25) is 0 Å². The Morgan fingerprint density at radius 1 is 1.11 bits per heavy atom. The highest BCUT2D eigenvalue weighted by atomic mass is 32.1. The molecule has 4 rings (SSSR count). The molecule has 28 heavy (non-hydrogen) atoms. The van der Waals surface area contributed by atoms with Crippen LogP contribution in [0.3, 0.4) is 0 Å². The quantitative estimate of drug-likeness (QED) is 0.702. The van der Waals surface area contributed by atoms with Gasteiger partial charge in [0.2, 0.25) is 5.91 Å². The number of anilines is 1. The van der Waals surface area contributed by atoms with E-state index in [2.05, 4.69) is 10.3 Å². The fourth-order valence-corrected chi connectivity index (χ4v) is 3.70. The lowest BCUT2D eigenvalue weighted by Gasteiger charge is -2.18. The van der Waals surface area contributed by atoms with Crippen molar-refractivity contribution in [3.8, 4) is 11.5 Å². The second kappa shape index (κ2) is 7.93. The number of thiazole rings is 1. The molecule has 0 bridgehead atoms. The number of aromatic nitrogens is 1. The monoisotopic (exact) mass is 402 g/mol. The maximum absolute atomic E-state index is 13.8. The van der Waals surface area contributed by atoms with Crippen LogP contribution >= 0.6 is 11.3 Å². The van der Waals surface area contributed by atoms with Gasteiger partial charge in [-0.25, -0.2) is 13.8 Å². The van der Waals surface area contributed by atoms with Crippen molar-refractivity contribution in [2.45, 2.75) is 12.8 Å². The Morgan fingerprint density at radius 3 is 2.75 bits per heavy atom. The van der Waals surface area contributed by atoms with Gasteiger partial charge in [0.05, 0.1) is 6.42 Å². The number of nitrogens with one attached hydrogen (secondary N) is 1.